The van der Waals surface area contributed by atoms with Crippen LogP contribution in [0.1, 0.15) is 64.0 Å². The number of carbonyl (C=O) groups is 1. The predicted octanol–water partition coefficient (Wildman–Crippen LogP) is 4.74. The number of nitrogens with two attached hydrogens (primary N) is 1. The smallest absolute Gasteiger partial charge is 0.323 e. The Balaban J connectivity index is 0.00000240. The summed E-state index contributed by atoms with van der Waals surface area (Å²) in [6.07, 6.45) is 10.5. The van der Waals surface area contributed by atoms with Gasteiger partial charge in [-0.15, -0.1) is 12.4 Å². The zero-order valence-corrected chi connectivity index (χ0v) is 18.1. The second-order valence-electron chi connectivity index (χ2n) is 8.67. The van der Waals surface area contributed by atoms with Gasteiger partial charge in [-0.05, 0) is 30.2 Å². The van der Waals surface area contributed by atoms with E-state index in [1.807, 2.05) is 26.4 Å². The van der Waals surface area contributed by atoms with E-state index in [0.717, 1.165) is 25.0 Å². The highest BCUT2D eigenvalue weighted by molar-refractivity contribution is 5.85. The number of rotatable bonds is 6. The summed E-state index contributed by atoms with van der Waals surface area (Å²) in [5.41, 5.74) is 9.77. The molecule has 1 aromatic carbocycles. The number of aromatic nitrogens is 2. The number of fused-ring (bicyclic) bond motifs is 3. The Morgan fingerprint density at radius 3 is 2.69 bits per heavy atom. The standard InChI is InChI=1S/C23H31N3O2.ClH/c1-15(2)22(24)23(27)28-21(16-8-4-3-5-9-16)12-19-17-10-6-7-11-18(17)20-13-25-14-26(19)20;/h6-7,10-11,13-16,19,21-22H,3-5,8-9,12,24H2,1-2H3;1H/t19?,21?,22-;/m0./s1. The van der Waals surface area contributed by atoms with Crippen LogP contribution >= 0.6 is 12.4 Å². The SMILES string of the molecule is CC(C)[C@H](N)C(=O)OC(CC1c2ccccc2-c2cncn21)C1CCCCC1.Cl. The summed E-state index contributed by atoms with van der Waals surface area (Å²) in [5.74, 6) is 0.228. The molecule has 1 aliphatic heterocycles. The Bertz CT molecular complexity index is 829. The third kappa shape index (κ3) is 4.36. The number of hydrogen-bond acceptors (Lipinski definition) is 4. The summed E-state index contributed by atoms with van der Waals surface area (Å²) < 4.78 is 8.32. The second kappa shape index (κ2) is 9.31. The lowest BCUT2D eigenvalue weighted by Gasteiger charge is -2.33. The lowest BCUT2D eigenvalue weighted by molar-refractivity contribution is -0.156. The molecule has 1 aromatic heterocycles. The van der Waals surface area contributed by atoms with E-state index < -0.39 is 6.04 Å². The molecular weight excluding hydrogens is 386 g/mol. The number of imidazole rings is 1. The highest BCUT2D eigenvalue weighted by atomic mass is 35.5. The normalized spacial score (nSPS) is 20.5. The summed E-state index contributed by atoms with van der Waals surface area (Å²) in [6, 6.07) is 8.08. The minimum atomic E-state index is -0.564. The summed E-state index contributed by atoms with van der Waals surface area (Å²) in [5, 5.41) is 0. The number of halogens is 1. The number of esters is 1. The molecule has 0 amide bonds. The van der Waals surface area contributed by atoms with Crippen LogP contribution in [-0.2, 0) is 9.53 Å². The number of benzene rings is 1. The zero-order chi connectivity index (χ0) is 19.7. The third-order valence-corrected chi connectivity index (χ3v) is 6.49. The first kappa shape index (κ1) is 21.8. The summed E-state index contributed by atoms with van der Waals surface area (Å²) in [6.45, 7) is 3.93. The minimum absolute atomic E-state index is 0. The van der Waals surface area contributed by atoms with Gasteiger partial charge in [0.1, 0.15) is 12.1 Å². The Morgan fingerprint density at radius 2 is 1.97 bits per heavy atom. The van der Waals surface area contributed by atoms with Gasteiger partial charge in [-0.3, -0.25) is 4.79 Å². The van der Waals surface area contributed by atoms with E-state index in [0.29, 0.717) is 5.92 Å². The van der Waals surface area contributed by atoms with Crippen LogP contribution in [0.2, 0.25) is 0 Å². The molecule has 1 saturated carbocycles. The molecule has 4 rings (SSSR count). The van der Waals surface area contributed by atoms with Crippen LogP contribution in [0.3, 0.4) is 0 Å². The number of ether oxygens (including phenoxy) is 1. The molecule has 29 heavy (non-hydrogen) atoms. The van der Waals surface area contributed by atoms with Crippen molar-refractivity contribution >= 4 is 18.4 Å². The molecule has 3 atom stereocenters. The van der Waals surface area contributed by atoms with E-state index >= 15 is 0 Å². The van der Waals surface area contributed by atoms with E-state index in [4.69, 9.17) is 10.5 Å². The average Bonchev–Trinajstić information content (AvgIpc) is 3.30. The van der Waals surface area contributed by atoms with Gasteiger partial charge in [-0.1, -0.05) is 57.4 Å². The van der Waals surface area contributed by atoms with Gasteiger partial charge in [0, 0.05) is 12.0 Å². The Labute approximate surface area is 179 Å². The zero-order valence-electron chi connectivity index (χ0n) is 17.3. The third-order valence-electron chi connectivity index (χ3n) is 6.49. The predicted molar refractivity (Wildman–Crippen MR) is 117 cm³/mol. The maximum Gasteiger partial charge on any atom is 0.323 e. The van der Waals surface area contributed by atoms with E-state index in [1.54, 1.807) is 0 Å². The van der Waals surface area contributed by atoms with Crippen LogP contribution in [-0.4, -0.2) is 27.7 Å². The lowest BCUT2D eigenvalue weighted by atomic mass is 9.82. The lowest BCUT2D eigenvalue weighted by Crippen LogP contribution is -2.41. The molecule has 2 unspecified atom stereocenters. The van der Waals surface area contributed by atoms with Crippen molar-refractivity contribution in [3.8, 4) is 11.3 Å². The minimum Gasteiger partial charge on any atom is -0.461 e. The molecule has 1 aliphatic carbocycles. The van der Waals surface area contributed by atoms with Gasteiger partial charge >= 0.3 is 5.97 Å². The van der Waals surface area contributed by atoms with Crippen molar-refractivity contribution in [3.05, 3.63) is 42.4 Å². The van der Waals surface area contributed by atoms with Gasteiger partial charge in [0.05, 0.1) is 24.3 Å². The van der Waals surface area contributed by atoms with Gasteiger partial charge in [0.2, 0.25) is 0 Å². The van der Waals surface area contributed by atoms with Crippen molar-refractivity contribution in [3.63, 3.8) is 0 Å². The number of nitrogens with zero attached hydrogens (tertiary/aromatic N) is 2. The van der Waals surface area contributed by atoms with Crippen molar-refractivity contribution in [1.29, 1.82) is 0 Å². The molecule has 2 heterocycles. The van der Waals surface area contributed by atoms with Gasteiger partial charge in [-0.25, -0.2) is 4.98 Å². The summed E-state index contributed by atoms with van der Waals surface area (Å²) in [7, 11) is 0. The van der Waals surface area contributed by atoms with Crippen LogP contribution in [0.15, 0.2) is 36.8 Å². The average molecular weight is 418 g/mol. The first-order chi connectivity index (χ1) is 13.6. The molecule has 1 fully saturated rings. The van der Waals surface area contributed by atoms with Gasteiger partial charge in [0.25, 0.3) is 0 Å². The molecule has 6 heteroatoms. The van der Waals surface area contributed by atoms with E-state index in [9.17, 15) is 4.79 Å². The first-order valence-corrected chi connectivity index (χ1v) is 10.6. The highest BCUT2D eigenvalue weighted by Gasteiger charge is 2.36. The molecule has 5 nitrogen and oxygen atoms in total. The molecular formula is C23H32ClN3O2. The van der Waals surface area contributed by atoms with Crippen LogP contribution in [0.4, 0.5) is 0 Å². The maximum absolute atomic E-state index is 12.7. The Morgan fingerprint density at radius 1 is 1.24 bits per heavy atom. The molecule has 2 aliphatic rings. The van der Waals surface area contributed by atoms with Crippen molar-refractivity contribution in [2.24, 2.45) is 17.6 Å². The van der Waals surface area contributed by atoms with Crippen molar-refractivity contribution in [2.75, 3.05) is 0 Å². The summed E-state index contributed by atoms with van der Waals surface area (Å²) >= 11 is 0. The van der Waals surface area contributed by atoms with Crippen LogP contribution in [0.5, 0.6) is 0 Å². The fraction of sp³-hybridized carbons (Fsp3) is 0.565. The quantitative estimate of drug-likeness (QED) is 0.689. The number of carbonyl (C=O) groups excluding carboxylic acids is 1. The molecule has 0 radical (unpaired) electrons. The molecule has 2 N–H and O–H groups in total. The molecule has 0 saturated heterocycles. The van der Waals surface area contributed by atoms with Crippen molar-refractivity contribution in [1.82, 2.24) is 9.55 Å². The topological polar surface area (TPSA) is 70.1 Å². The van der Waals surface area contributed by atoms with E-state index in [1.165, 1.54) is 30.4 Å². The molecule has 0 bridgehead atoms. The second-order valence-corrected chi connectivity index (χ2v) is 8.67. The van der Waals surface area contributed by atoms with Crippen LogP contribution in [0, 0.1) is 11.8 Å². The first-order valence-electron chi connectivity index (χ1n) is 10.6. The van der Waals surface area contributed by atoms with Crippen LogP contribution in [0.25, 0.3) is 11.3 Å². The fourth-order valence-corrected chi connectivity index (χ4v) is 4.74. The van der Waals surface area contributed by atoms with Gasteiger partial charge in [0.15, 0.2) is 0 Å². The molecule has 158 valence electrons. The largest absolute Gasteiger partial charge is 0.461 e. The Hall–Kier alpha value is -1.85. The fourth-order valence-electron chi connectivity index (χ4n) is 4.74. The van der Waals surface area contributed by atoms with E-state index in [-0.39, 0.29) is 36.4 Å². The monoisotopic (exact) mass is 417 g/mol. The maximum atomic E-state index is 12.7. The van der Waals surface area contributed by atoms with Crippen LogP contribution < -0.4 is 5.73 Å². The Kier molecular flexibility index (Phi) is 7.01. The van der Waals surface area contributed by atoms with Gasteiger partial charge in [-0.2, -0.15) is 0 Å². The van der Waals surface area contributed by atoms with Gasteiger partial charge < -0.3 is 15.0 Å². The molecule has 0 spiro atoms. The van der Waals surface area contributed by atoms with E-state index in [2.05, 4.69) is 33.8 Å². The number of hydrogen-bond donors (Lipinski definition) is 1. The summed E-state index contributed by atoms with van der Waals surface area (Å²) in [4.78, 5) is 17.0. The molecule has 2 aromatic rings. The highest BCUT2D eigenvalue weighted by Crippen LogP contribution is 2.43. The van der Waals surface area contributed by atoms with Crippen molar-refractivity contribution < 1.29 is 9.53 Å². The van der Waals surface area contributed by atoms with Crippen molar-refractivity contribution in [2.45, 2.75) is 70.6 Å².